The predicted octanol–water partition coefficient (Wildman–Crippen LogP) is 5.16. The van der Waals surface area contributed by atoms with Gasteiger partial charge in [-0.3, -0.25) is 4.79 Å². The molecule has 0 unspecified atom stereocenters. The molecule has 5 heteroatoms. The molecule has 2 aromatic heterocycles. The molecule has 0 aliphatic heterocycles. The highest BCUT2D eigenvalue weighted by Gasteiger charge is 2.23. The lowest BCUT2D eigenvalue weighted by atomic mass is 10.1. The lowest BCUT2D eigenvalue weighted by molar-refractivity contribution is 0.0991. The number of benzene rings is 1. The van der Waals surface area contributed by atoms with Gasteiger partial charge in [-0.2, -0.15) is 0 Å². The van der Waals surface area contributed by atoms with Crippen LogP contribution in [0.4, 0.5) is 5.69 Å². The summed E-state index contributed by atoms with van der Waals surface area (Å²) >= 11 is 3.12. The van der Waals surface area contributed by atoms with E-state index >= 15 is 0 Å². The highest BCUT2D eigenvalue weighted by atomic mass is 32.1. The number of anilines is 1. The maximum atomic E-state index is 13.0. The number of carbonyl (C=O) groups excluding carboxylic acids is 1. The second-order valence-corrected chi connectivity index (χ2v) is 7.19. The summed E-state index contributed by atoms with van der Waals surface area (Å²) < 4.78 is 0. The second kappa shape index (κ2) is 6.64. The fourth-order valence-corrected chi connectivity index (χ4v) is 4.32. The first-order valence-electron chi connectivity index (χ1n) is 7.50. The Bertz CT molecular complexity index is 821. The Kier molecular flexibility index (Phi) is 4.59. The first-order chi connectivity index (χ1) is 11.1. The summed E-state index contributed by atoms with van der Waals surface area (Å²) in [5, 5.41) is 2.95. The number of thiophene rings is 1. The number of carbonyl (C=O) groups is 1. The molecule has 23 heavy (non-hydrogen) atoms. The standard InChI is InChI=1S/C18H18N2OS2/c1-4-20(14-9-6-5-8-12(14)2)18(21)16-13(3)19-17(23-16)15-10-7-11-22-15/h5-11H,4H2,1-3H3. The van der Waals surface area contributed by atoms with Crippen molar-refractivity contribution in [2.45, 2.75) is 20.8 Å². The molecule has 0 fully saturated rings. The summed E-state index contributed by atoms with van der Waals surface area (Å²) in [6.45, 7) is 6.57. The van der Waals surface area contributed by atoms with Crippen molar-refractivity contribution in [2.24, 2.45) is 0 Å². The Hall–Kier alpha value is -1.98. The zero-order chi connectivity index (χ0) is 16.4. The number of para-hydroxylation sites is 1. The van der Waals surface area contributed by atoms with E-state index < -0.39 is 0 Å². The van der Waals surface area contributed by atoms with Crippen molar-refractivity contribution < 1.29 is 4.79 Å². The van der Waals surface area contributed by atoms with Gasteiger partial charge in [0, 0.05) is 12.2 Å². The number of hydrogen-bond acceptors (Lipinski definition) is 4. The summed E-state index contributed by atoms with van der Waals surface area (Å²) in [5.74, 6) is 0.0274. The maximum Gasteiger partial charge on any atom is 0.270 e. The van der Waals surface area contributed by atoms with Crippen molar-refractivity contribution in [3.8, 4) is 9.88 Å². The van der Waals surface area contributed by atoms with Crippen LogP contribution in [0.15, 0.2) is 41.8 Å². The first-order valence-corrected chi connectivity index (χ1v) is 9.20. The number of thiazole rings is 1. The van der Waals surface area contributed by atoms with E-state index in [1.54, 1.807) is 11.3 Å². The van der Waals surface area contributed by atoms with Crippen molar-refractivity contribution in [1.82, 2.24) is 4.98 Å². The topological polar surface area (TPSA) is 33.2 Å². The van der Waals surface area contributed by atoms with Gasteiger partial charge in [-0.25, -0.2) is 4.98 Å². The summed E-state index contributed by atoms with van der Waals surface area (Å²) in [5.41, 5.74) is 2.87. The minimum atomic E-state index is 0.0274. The average Bonchev–Trinajstić information content (AvgIpc) is 3.19. The largest absolute Gasteiger partial charge is 0.308 e. The molecule has 3 aromatic rings. The van der Waals surface area contributed by atoms with Crippen molar-refractivity contribution >= 4 is 34.3 Å². The van der Waals surface area contributed by atoms with Crippen LogP contribution in [-0.2, 0) is 0 Å². The lowest BCUT2D eigenvalue weighted by Gasteiger charge is -2.22. The third-order valence-electron chi connectivity index (χ3n) is 3.69. The molecule has 118 valence electrons. The summed E-state index contributed by atoms with van der Waals surface area (Å²) in [6.07, 6.45) is 0. The van der Waals surface area contributed by atoms with E-state index in [1.165, 1.54) is 11.3 Å². The number of nitrogens with zero attached hydrogens (tertiary/aromatic N) is 2. The van der Waals surface area contributed by atoms with Crippen LogP contribution in [0.2, 0.25) is 0 Å². The summed E-state index contributed by atoms with van der Waals surface area (Å²) in [6, 6.07) is 12.0. The molecule has 0 saturated carbocycles. The average molecular weight is 342 g/mol. The van der Waals surface area contributed by atoms with Crippen LogP contribution in [0.25, 0.3) is 9.88 Å². The Morgan fingerprint density at radius 1 is 1.17 bits per heavy atom. The monoisotopic (exact) mass is 342 g/mol. The van der Waals surface area contributed by atoms with Crippen LogP contribution in [0.1, 0.15) is 27.9 Å². The van der Waals surface area contributed by atoms with Crippen molar-refractivity contribution in [1.29, 1.82) is 0 Å². The molecule has 0 aliphatic carbocycles. The smallest absolute Gasteiger partial charge is 0.270 e. The van der Waals surface area contributed by atoms with Gasteiger partial charge in [0.2, 0.25) is 0 Å². The van der Waals surface area contributed by atoms with Crippen LogP contribution < -0.4 is 4.90 Å². The SMILES string of the molecule is CCN(C(=O)c1sc(-c2cccs2)nc1C)c1ccccc1C. The zero-order valence-electron chi connectivity index (χ0n) is 13.4. The molecule has 0 atom stereocenters. The summed E-state index contributed by atoms with van der Waals surface area (Å²) in [7, 11) is 0. The number of aromatic nitrogens is 1. The first kappa shape index (κ1) is 15.9. The van der Waals surface area contributed by atoms with E-state index in [1.807, 2.05) is 67.4 Å². The lowest BCUT2D eigenvalue weighted by Crippen LogP contribution is -2.31. The van der Waals surface area contributed by atoms with Gasteiger partial charge in [0.25, 0.3) is 5.91 Å². The van der Waals surface area contributed by atoms with Crippen LogP contribution >= 0.6 is 22.7 Å². The zero-order valence-corrected chi connectivity index (χ0v) is 15.0. The van der Waals surface area contributed by atoms with Gasteiger partial charge in [-0.15, -0.1) is 22.7 Å². The van der Waals surface area contributed by atoms with Gasteiger partial charge in [-0.1, -0.05) is 24.3 Å². The molecule has 0 N–H and O–H groups in total. The van der Waals surface area contributed by atoms with E-state index in [9.17, 15) is 4.79 Å². The normalized spacial score (nSPS) is 10.7. The van der Waals surface area contributed by atoms with Crippen LogP contribution in [0.3, 0.4) is 0 Å². The van der Waals surface area contributed by atoms with Crippen molar-refractivity contribution in [3.63, 3.8) is 0 Å². The van der Waals surface area contributed by atoms with Gasteiger partial charge in [-0.05, 0) is 43.8 Å². The molecule has 3 nitrogen and oxygen atoms in total. The number of rotatable bonds is 4. The van der Waals surface area contributed by atoms with E-state index in [4.69, 9.17) is 0 Å². The number of hydrogen-bond donors (Lipinski definition) is 0. The fraction of sp³-hybridized carbons (Fsp3) is 0.222. The maximum absolute atomic E-state index is 13.0. The Morgan fingerprint density at radius 3 is 2.61 bits per heavy atom. The molecule has 1 amide bonds. The van der Waals surface area contributed by atoms with Crippen LogP contribution in [0, 0.1) is 13.8 Å². The van der Waals surface area contributed by atoms with E-state index in [0.29, 0.717) is 6.54 Å². The quantitative estimate of drug-likeness (QED) is 0.656. The molecule has 0 aliphatic rings. The molecular formula is C18H18N2OS2. The molecule has 0 radical (unpaired) electrons. The number of amides is 1. The third-order valence-corrected chi connectivity index (χ3v) is 5.87. The third kappa shape index (κ3) is 3.07. The van der Waals surface area contributed by atoms with E-state index in [-0.39, 0.29) is 5.91 Å². The molecule has 1 aromatic carbocycles. The Morgan fingerprint density at radius 2 is 1.96 bits per heavy atom. The predicted molar refractivity (Wildman–Crippen MR) is 98.7 cm³/mol. The minimum Gasteiger partial charge on any atom is -0.308 e. The molecule has 3 rings (SSSR count). The number of aryl methyl sites for hydroxylation is 2. The Balaban J connectivity index is 1.98. The van der Waals surface area contributed by atoms with Gasteiger partial charge in [0.1, 0.15) is 9.88 Å². The molecule has 0 saturated heterocycles. The molecular weight excluding hydrogens is 324 g/mol. The van der Waals surface area contributed by atoms with Crippen LogP contribution in [-0.4, -0.2) is 17.4 Å². The molecule has 0 spiro atoms. The summed E-state index contributed by atoms with van der Waals surface area (Å²) in [4.78, 5) is 21.3. The van der Waals surface area contributed by atoms with Crippen LogP contribution in [0.5, 0.6) is 0 Å². The van der Waals surface area contributed by atoms with Crippen molar-refractivity contribution in [3.05, 3.63) is 57.9 Å². The molecule has 2 heterocycles. The fourth-order valence-electron chi connectivity index (χ4n) is 2.51. The van der Waals surface area contributed by atoms with Gasteiger partial charge in [0.05, 0.1) is 10.6 Å². The Labute approximate surface area is 144 Å². The highest BCUT2D eigenvalue weighted by molar-refractivity contribution is 7.22. The second-order valence-electron chi connectivity index (χ2n) is 5.25. The van der Waals surface area contributed by atoms with Gasteiger partial charge < -0.3 is 4.90 Å². The van der Waals surface area contributed by atoms with Crippen molar-refractivity contribution in [2.75, 3.05) is 11.4 Å². The van der Waals surface area contributed by atoms with Gasteiger partial charge >= 0.3 is 0 Å². The van der Waals surface area contributed by atoms with E-state index in [0.717, 1.165) is 31.7 Å². The minimum absolute atomic E-state index is 0.0274. The van der Waals surface area contributed by atoms with Gasteiger partial charge in [0.15, 0.2) is 0 Å². The highest BCUT2D eigenvalue weighted by Crippen LogP contribution is 2.32. The van der Waals surface area contributed by atoms with E-state index in [2.05, 4.69) is 4.98 Å². The molecule has 0 bridgehead atoms.